The van der Waals surface area contributed by atoms with Crippen LogP contribution in [0.4, 0.5) is 5.82 Å². The van der Waals surface area contributed by atoms with E-state index in [1.165, 1.54) is 19.8 Å². The van der Waals surface area contributed by atoms with E-state index >= 15 is 0 Å². The molecule has 2 aliphatic rings. The largest absolute Gasteiger partial charge is 0.450 e. The maximum Gasteiger partial charge on any atom is 0.303 e. The summed E-state index contributed by atoms with van der Waals surface area (Å²) in [5, 5.41) is 12.0. The normalized spacial score (nSPS) is 16.5. The second-order valence-electron chi connectivity index (χ2n) is 9.24. The topological polar surface area (TPSA) is 121 Å². The van der Waals surface area contributed by atoms with Crippen LogP contribution in [0.2, 0.25) is 0 Å². The summed E-state index contributed by atoms with van der Waals surface area (Å²) in [5.41, 5.74) is 4.11. The minimum Gasteiger partial charge on any atom is -0.450 e. The number of alkyl halides is 1. The standard InChI is InChI=1S/C25H23IN8O3/c1-14(23(26)37-15(2)35)34-24(29-30-31-34)20-4-3-5-22(28-20)33-11-17-8-9-18(10-19(17)25(33)36)32-12-21(27-13-32)16-6-7-16/h3-5,8-10,12-14,16,23H,6-7,11H2,1-2H3. The van der Waals surface area contributed by atoms with E-state index in [1.807, 2.05) is 64.7 Å². The van der Waals surface area contributed by atoms with Gasteiger partial charge in [-0.05, 0) is 82.6 Å². The third kappa shape index (κ3) is 4.49. The molecule has 4 aromatic rings. The molecular formula is C25H23IN8O3. The molecule has 1 aliphatic heterocycles. The SMILES string of the molecule is CC(=O)OC(I)C(C)n1nnnc1-c1cccc(N2Cc3ccc(-n4cnc(C5CC5)c4)cc3C2=O)n1. The average molecular weight is 610 g/mol. The Labute approximate surface area is 226 Å². The zero-order valence-electron chi connectivity index (χ0n) is 20.2. The Morgan fingerprint density at radius 1 is 1.22 bits per heavy atom. The smallest absolute Gasteiger partial charge is 0.303 e. The minimum atomic E-state index is -0.472. The van der Waals surface area contributed by atoms with Crippen LogP contribution in [-0.2, 0) is 16.1 Å². The summed E-state index contributed by atoms with van der Waals surface area (Å²) in [6.45, 7) is 3.64. The number of carbonyl (C=O) groups excluding carboxylic acids is 2. The number of ether oxygens (including phenoxy) is 1. The van der Waals surface area contributed by atoms with Gasteiger partial charge in [-0.2, -0.15) is 0 Å². The van der Waals surface area contributed by atoms with Crippen molar-refractivity contribution in [3.63, 3.8) is 0 Å². The maximum atomic E-state index is 13.4. The predicted molar refractivity (Wildman–Crippen MR) is 141 cm³/mol. The van der Waals surface area contributed by atoms with Gasteiger partial charge in [0.05, 0.1) is 24.6 Å². The van der Waals surface area contributed by atoms with Gasteiger partial charge in [0.2, 0.25) is 5.82 Å². The third-order valence-electron chi connectivity index (χ3n) is 6.57. The fraction of sp³-hybridized carbons (Fsp3) is 0.320. The van der Waals surface area contributed by atoms with Crippen LogP contribution in [-0.4, -0.2) is 50.7 Å². The van der Waals surface area contributed by atoms with E-state index in [-0.39, 0.29) is 17.9 Å². The first kappa shape index (κ1) is 23.7. The predicted octanol–water partition coefficient (Wildman–Crippen LogP) is 3.84. The van der Waals surface area contributed by atoms with Crippen molar-refractivity contribution in [2.45, 2.75) is 49.3 Å². The number of nitrogens with zero attached hydrogens (tertiary/aromatic N) is 8. The average Bonchev–Trinajstić information content (AvgIpc) is 3.28. The van der Waals surface area contributed by atoms with Gasteiger partial charge < -0.3 is 9.30 Å². The molecule has 1 saturated carbocycles. The van der Waals surface area contributed by atoms with Crippen LogP contribution in [0.25, 0.3) is 17.2 Å². The first-order valence-corrected chi connectivity index (χ1v) is 13.2. The van der Waals surface area contributed by atoms with Crippen molar-refractivity contribution >= 4 is 40.3 Å². The van der Waals surface area contributed by atoms with Crippen LogP contribution in [0.5, 0.6) is 0 Å². The summed E-state index contributed by atoms with van der Waals surface area (Å²) in [5.74, 6) is 1.000. The Bertz CT molecular complexity index is 1510. The maximum absolute atomic E-state index is 13.4. The van der Waals surface area contributed by atoms with E-state index in [9.17, 15) is 9.59 Å². The molecule has 188 valence electrons. The first-order valence-electron chi connectivity index (χ1n) is 11.9. The van der Waals surface area contributed by atoms with Crippen molar-refractivity contribution in [3.8, 4) is 17.2 Å². The van der Waals surface area contributed by atoms with Gasteiger partial charge in [0.15, 0.2) is 4.11 Å². The number of hydrogen-bond donors (Lipinski definition) is 0. The van der Waals surface area contributed by atoms with E-state index in [0.29, 0.717) is 35.4 Å². The molecule has 37 heavy (non-hydrogen) atoms. The number of imidazole rings is 1. The van der Waals surface area contributed by atoms with Crippen LogP contribution >= 0.6 is 22.6 Å². The Morgan fingerprint density at radius 2 is 2.05 bits per heavy atom. The quantitative estimate of drug-likeness (QED) is 0.176. The van der Waals surface area contributed by atoms with Crippen LogP contribution in [0, 0.1) is 0 Å². The van der Waals surface area contributed by atoms with E-state index in [4.69, 9.17) is 9.72 Å². The number of hydrogen-bond acceptors (Lipinski definition) is 8. The number of esters is 1. The number of fused-ring (bicyclic) bond motifs is 1. The van der Waals surface area contributed by atoms with Gasteiger partial charge in [0.25, 0.3) is 5.91 Å². The van der Waals surface area contributed by atoms with Crippen molar-refractivity contribution in [2.24, 2.45) is 0 Å². The van der Waals surface area contributed by atoms with Gasteiger partial charge in [-0.25, -0.2) is 14.6 Å². The number of tetrazole rings is 1. The second-order valence-corrected chi connectivity index (χ2v) is 10.5. The summed E-state index contributed by atoms with van der Waals surface area (Å²) < 4.78 is 8.36. The van der Waals surface area contributed by atoms with Crippen LogP contribution < -0.4 is 4.90 Å². The van der Waals surface area contributed by atoms with Crippen LogP contribution in [0.15, 0.2) is 48.9 Å². The van der Waals surface area contributed by atoms with Gasteiger partial charge in [0, 0.05) is 30.3 Å². The Morgan fingerprint density at radius 3 is 2.84 bits per heavy atom. The minimum absolute atomic E-state index is 0.112. The van der Waals surface area contributed by atoms with E-state index in [0.717, 1.165) is 16.9 Å². The molecule has 1 aromatic carbocycles. The highest BCUT2D eigenvalue weighted by Crippen LogP contribution is 2.39. The fourth-order valence-electron chi connectivity index (χ4n) is 4.41. The van der Waals surface area contributed by atoms with Crippen LogP contribution in [0.1, 0.15) is 60.3 Å². The first-order chi connectivity index (χ1) is 17.9. The van der Waals surface area contributed by atoms with Crippen molar-refractivity contribution in [2.75, 3.05) is 4.90 Å². The van der Waals surface area contributed by atoms with Gasteiger partial charge in [-0.15, -0.1) is 5.10 Å². The molecule has 0 saturated heterocycles. The fourth-order valence-corrected chi connectivity index (χ4v) is 5.07. The molecule has 0 spiro atoms. The highest BCUT2D eigenvalue weighted by molar-refractivity contribution is 14.1. The molecule has 11 nitrogen and oxygen atoms in total. The monoisotopic (exact) mass is 610 g/mol. The third-order valence-corrected chi connectivity index (χ3v) is 7.87. The number of aromatic nitrogens is 7. The summed E-state index contributed by atoms with van der Waals surface area (Å²) in [6.07, 6.45) is 6.24. The van der Waals surface area contributed by atoms with Crippen molar-refractivity contribution in [1.29, 1.82) is 0 Å². The summed E-state index contributed by atoms with van der Waals surface area (Å²) >= 11 is 2.04. The molecule has 2 atom stereocenters. The molecule has 1 fully saturated rings. The van der Waals surface area contributed by atoms with Crippen molar-refractivity contribution in [1.82, 2.24) is 34.7 Å². The van der Waals surface area contributed by atoms with Gasteiger partial charge in [0.1, 0.15) is 11.5 Å². The lowest BCUT2D eigenvalue weighted by Crippen LogP contribution is -2.25. The highest BCUT2D eigenvalue weighted by Gasteiger charge is 2.31. The second kappa shape index (κ2) is 9.32. The zero-order valence-corrected chi connectivity index (χ0v) is 22.3. The summed E-state index contributed by atoms with van der Waals surface area (Å²) in [4.78, 5) is 35.7. The number of anilines is 1. The lowest BCUT2D eigenvalue weighted by atomic mass is 10.1. The number of carbonyl (C=O) groups is 2. The number of rotatable bonds is 7. The molecule has 1 amide bonds. The molecule has 2 unspecified atom stereocenters. The zero-order chi connectivity index (χ0) is 25.7. The van der Waals surface area contributed by atoms with Crippen molar-refractivity contribution < 1.29 is 14.3 Å². The molecule has 6 rings (SSSR count). The van der Waals surface area contributed by atoms with E-state index < -0.39 is 4.11 Å². The summed E-state index contributed by atoms with van der Waals surface area (Å²) in [6, 6.07) is 11.0. The molecule has 0 radical (unpaired) electrons. The molecule has 0 N–H and O–H groups in total. The number of pyridine rings is 1. The molecular weight excluding hydrogens is 587 g/mol. The lowest BCUT2D eigenvalue weighted by molar-refractivity contribution is -0.143. The van der Waals surface area contributed by atoms with Crippen LogP contribution in [0.3, 0.4) is 0 Å². The van der Waals surface area contributed by atoms with E-state index in [1.54, 1.807) is 21.7 Å². The van der Waals surface area contributed by atoms with Gasteiger partial charge in [-0.1, -0.05) is 12.1 Å². The van der Waals surface area contributed by atoms with Gasteiger partial charge in [-0.3, -0.25) is 14.5 Å². The molecule has 3 aromatic heterocycles. The molecule has 4 heterocycles. The van der Waals surface area contributed by atoms with Gasteiger partial charge >= 0.3 is 5.97 Å². The van der Waals surface area contributed by atoms with E-state index in [2.05, 4.69) is 26.7 Å². The number of halogens is 1. The lowest BCUT2D eigenvalue weighted by Gasteiger charge is -2.19. The number of benzene rings is 1. The summed E-state index contributed by atoms with van der Waals surface area (Å²) in [7, 11) is 0. The highest BCUT2D eigenvalue weighted by atomic mass is 127. The van der Waals surface area contributed by atoms with Crippen molar-refractivity contribution in [3.05, 3.63) is 65.7 Å². The Balaban J connectivity index is 1.26. The molecule has 1 aliphatic carbocycles. The Hall–Kier alpha value is -3.68. The molecule has 0 bridgehead atoms. The Kier molecular flexibility index (Phi) is 5.97. The molecule has 12 heteroatoms. The number of amides is 1.